The monoisotopic (exact) mass is 338 g/mol. The van der Waals surface area contributed by atoms with Crippen LogP contribution in [-0.4, -0.2) is 51.7 Å². The summed E-state index contributed by atoms with van der Waals surface area (Å²) in [6, 6.07) is 0.140. The van der Waals surface area contributed by atoms with Crippen LogP contribution in [0.4, 0.5) is 0 Å². The molecular weight excluding hydrogens is 312 g/mol. The highest BCUT2D eigenvalue weighted by Crippen LogP contribution is 2.57. The Bertz CT molecular complexity index is 560. The fraction of sp³-hybridized carbons (Fsp3) is 0.824. The van der Waals surface area contributed by atoms with E-state index in [0.29, 0.717) is 6.42 Å². The van der Waals surface area contributed by atoms with Crippen molar-refractivity contribution in [1.29, 1.82) is 0 Å². The molecule has 3 aliphatic heterocycles. The summed E-state index contributed by atoms with van der Waals surface area (Å²) >= 11 is 1.47. The second-order valence-corrected chi connectivity index (χ2v) is 8.40. The van der Waals surface area contributed by atoms with E-state index < -0.39 is 10.4 Å². The summed E-state index contributed by atoms with van der Waals surface area (Å²) < 4.78 is 0. The van der Waals surface area contributed by atoms with E-state index in [4.69, 9.17) is 0 Å². The van der Waals surface area contributed by atoms with Crippen LogP contribution < -0.4 is 0 Å². The van der Waals surface area contributed by atoms with E-state index >= 15 is 0 Å². The number of carbonyl (C=O) groups excluding carboxylic acids is 3. The molecule has 1 saturated carbocycles. The van der Waals surface area contributed by atoms with Gasteiger partial charge in [-0.05, 0) is 39.4 Å². The Balaban J connectivity index is 2.15. The van der Waals surface area contributed by atoms with Crippen molar-refractivity contribution < 1.29 is 14.4 Å². The zero-order valence-electron chi connectivity index (χ0n) is 14.4. The highest BCUT2D eigenvalue weighted by atomic mass is 32.2. The Hall–Kier alpha value is -1.04. The van der Waals surface area contributed by atoms with E-state index in [9.17, 15) is 14.4 Å². The molecular formula is C17H26N2O3S. The maximum atomic E-state index is 13.3. The van der Waals surface area contributed by atoms with E-state index in [2.05, 4.69) is 0 Å². The summed E-state index contributed by atoms with van der Waals surface area (Å²) in [6.07, 6.45) is 7.61. The Kier molecular flexibility index (Phi) is 4.02. The average molecular weight is 338 g/mol. The molecule has 0 radical (unpaired) electrons. The molecule has 2 bridgehead atoms. The zero-order valence-corrected chi connectivity index (χ0v) is 15.2. The number of hydrogen-bond acceptors (Lipinski definition) is 4. The lowest BCUT2D eigenvalue weighted by molar-refractivity contribution is -0.202. The van der Waals surface area contributed by atoms with Crippen LogP contribution in [0.3, 0.4) is 0 Å². The molecule has 4 rings (SSSR count). The maximum Gasteiger partial charge on any atom is 0.240 e. The largest absolute Gasteiger partial charge is 0.312 e. The Labute approximate surface area is 142 Å². The van der Waals surface area contributed by atoms with Crippen molar-refractivity contribution in [3.63, 3.8) is 0 Å². The molecule has 2 amide bonds. The van der Waals surface area contributed by atoms with Gasteiger partial charge in [-0.2, -0.15) is 0 Å². The van der Waals surface area contributed by atoms with Gasteiger partial charge >= 0.3 is 0 Å². The summed E-state index contributed by atoms with van der Waals surface area (Å²) in [6.45, 7) is 3.32. The molecule has 0 unspecified atom stereocenters. The van der Waals surface area contributed by atoms with Gasteiger partial charge in [0.15, 0.2) is 4.99 Å². The molecule has 3 atom stereocenters. The zero-order chi connectivity index (χ0) is 17.0. The summed E-state index contributed by atoms with van der Waals surface area (Å²) in [5, 5.41) is 0. The van der Waals surface area contributed by atoms with Gasteiger partial charge in [-0.1, -0.05) is 19.3 Å². The number of nitrogens with zero attached hydrogens (tertiary/aromatic N) is 2. The summed E-state index contributed by atoms with van der Waals surface area (Å²) in [7, 11) is 1.76. The smallest absolute Gasteiger partial charge is 0.240 e. The minimum atomic E-state index is -1.08. The lowest BCUT2D eigenvalue weighted by atomic mass is 9.67. The number of ketones is 1. The molecule has 0 aromatic heterocycles. The summed E-state index contributed by atoms with van der Waals surface area (Å²) in [4.78, 5) is 41.2. The van der Waals surface area contributed by atoms with Gasteiger partial charge in [0.05, 0.1) is 5.92 Å². The molecule has 1 aliphatic carbocycles. The second-order valence-electron chi connectivity index (χ2n) is 7.39. The van der Waals surface area contributed by atoms with Gasteiger partial charge in [0, 0.05) is 13.1 Å². The number of thioether (sulfide) groups is 1. The van der Waals surface area contributed by atoms with Crippen molar-refractivity contribution in [2.45, 2.75) is 63.4 Å². The fourth-order valence-electron chi connectivity index (χ4n) is 4.85. The van der Waals surface area contributed by atoms with Crippen LogP contribution in [0.1, 0.15) is 52.4 Å². The van der Waals surface area contributed by atoms with Gasteiger partial charge in [-0.15, -0.1) is 11.8 Å². The van der Waals surface area contributed by atoms with Crippen molar-refractivity contribution in [3.05, 3.63) is 0 Å². The van der Waals surface area contributed by atoms with E-state index in [1.807, 2.05) is 11.2 Å². The van der Waals surface area contributed by atoms with Gasteiger partial charge in [-0.25, -0.2) is 0 Å². The van der Waals surface area contributed by atoms with Gasteiger partial charge in [-0.3, -0.25) is 14.4 Å². The van der Waals surface area contributed by atoms with Crippen LogP contribution in [-0.2, 0) is 14.4 Å². The first-order valence-corrected chi connectivity index (χ1v) is 9.70. The van der Waals surface area contributed by atoms with E-state index in [1.165, 1.54) is 18.2 Å². The van der Waals surface area contributed by atoms with Crippen molar-refractivity contribution in [2.75, 3.05) is 13.3 Å². The number of hydrogen-bond donors (Lipinski definition) is 0. The number of Topliss-reactive ketones (excluding diaryl/α,β-unsaturated/α-hetero) is 1. The number of rotatable bonds is 3. The molecule has 3 heterocycles. The van der Waals surface area contributed by atoms with Crippen LogP contribution in [0.25, 0.3) is 0 Å². The third kappa shape index (κ3) is 2.03. The summed E-state index contributed by atoms with van der Waals surface area (Å²) in [5.41, 5.74) is -1.08. The Morgan fingerprint density at radius 3 is 2.30 bits per heavy atom. The predicted molar refractivity (Wildman–Crippen MR) is 89.6 cm³/mol. The first kappa shape index (κ1) is 16.8. The molecule has 4 fully saturated rings. The molecule has 0 N–H and O–H groups in total. The fourth-order valence-corrected chi connectivity index (χ4v) is 6.17. The van der Waals surface area contributed by atoms with E-state index in [1.54, 1.807) is 25.8 Å². The Morgan fingerprint density at radius 1 is 1.17 bits per heavy atom. The molecule has 0 spiro atoms. The van der Waals surface area contributed by atoms with Crippen LogP contribution in [0, 0.1) is 11.3 Å². The lowest BCUT2D eigenvalue weighted by Crippen LogP contribution is -2.81. The molecule has 0 aromatic carbocycles. The topological polar surface area (TPSA) is 57.7 Å². The SMILES string of the molecule is CS[C@]12[C@@H](C(C)=O)C[C@](C)(C(=O)N1C)C(=O)N2C1CCCCC1. The number of carbonyl (C=O) groups is 3. The first-order valence-electron chi connectivity index (χ1n) is 8.48. The van der Waals surface area contributed by atoms with Gasteiger partial charge in [0.1, 0.15) is 11.2 Å². The molecule has 3 saturated heterocycles. The van der Waals surface area contributed by atoms with Gasteiger partial charge in [0.2, 0.25) is 11.8 Å². The van der Waals surface area contributed by atoms with Crippen LogP contribution >= 0.6 is 11.8 Å². The standard InChI is InChI=1S/C17H26N2O3S/c1-11(20)13-10-16(2)14(21)18(3)17(13,23-4)19(15(16)22)12-8-6-5-7-9-12/h12-13H,5-10H2,1-4H3/t13-,16-,17-/m1/s1. The Morgan fingerprint density at radius 2 is 1.78 bits per heavy atom. The van der Waals surface area contributed by atoms with Crippen LogP contribution in [0.15, 0.2) is 0 Å². The van der Waals surface area contributed by atoms with Crippen molar-refractivity contribution in [1.82, 2.24) is 9.80 Å². The predicted octanol–water partition coefficient (Wildman–Crippen LogP) is 2.25. The van der Waals surface area contributed by atoms with Crippen molar-refractivity contribution >= 4 is 29.4 Å². The van der Waals surface area contributed by atoms with Crippen molar-refractivity contribution in [3.8, 4) is 0 Å². The number of amides is 2. The third-order valence-electron chi connectivity index (χ3n) is 6.09. The lowest BCUT2D eigenvalue weighted by Gasteiger charge is -2.65. The highest BCUT2D eigenvalue weighted by molar-refractivity contribution is 8.00. The quantitative estimate of drug-likeness (QED) is 0.741. The highest BCUT2D eigenvalue weighted by Gasteiger charge is 2.70. The molecule has 23 heavy (non-hydrogen) atoms. The molecule has 6 heteroatoms. The second kappa shape index (κ2) is 5.50. The van der Waals surface area contributed by atoms with Gasteiger partial charge in [0.25, 0.3) is 0 Å². The molecule has 0 aromatic rings. The molecule has 4 aliphatic rings. The van der Waals surface area contributed by atoms with Crippen molar-refractivity contribution in [2.24, 2.45) is 11.3 Å². The van der Waals surface area contributed by atoms with E-state index in [0.717, 1.165) is 25.7 Å². The maximum absolute atomic E-state index is 13.3. The number of fused-ring (bicyclic) bond motifs is 3. The average Bonchev–Trinajstić information content (AvgIpc) is 2.54. The van der Waals surface area contributed by atoms with Crippen LogP contribution in [0.5, 0.6) is 0 Å². The van der Waals surface area contributed by atoms with E-state index in [-0.39, 0.29) is 29.6 Å². The minimum absolute atomic E-state index is 0.0678. The minimum Gasteiger partial charge on any atom is -0.312 e. The normalized spacial score (nSPS) is 38.3. The number of piperidine rings is 2. The molecule has 128 valence electrons. The first-order chi connectivity index (χ1) is 10.8. The molecule has 5 nitrogen and oxygen atoms in total. The summed E-state index contributed by atoms with van der Waals surface area (Å²) in [5.74, 6) is -0.455. The third-order valence-corrected chi connectivity index (χ3v) is 7.45. The van der Waals surface area contributed by atoms with Gasteiger partial charge < -0.3 is 9.80 Å². The van der Waals surface area contributed by atoms with Crippen LogP contribution in [0.2, 0.25) is 0 Å².